The summed E-state index contributed by atoms with van der Waals surface area (Å²) in [6.45, 7) is 2.41. The van der Waals surface area contributed by atoms with Gasteiger partial charge in [-0.2, -0.15) is 0 Å². The zero-order chi connectivity index (χ0) is 23.0. The van der Waals surface area contributed by atoms with E-state index in [1.54, 1.807) is 0 Å². The minimum atomic E-state index is -1.06. The molecule has 1 atom stereocenters. The van der Waals surface area contributed by atoms with Crippen LogP contribution in [0.1, 0.15) is 68.6 Å². The topological polar surface area (TPSA) is 84.2 Å². The van der Waals surface area contributed by atoms with E-state index in [1.165, 1.54) is 39.0 Å². The van der Waals surface area contributed by atoms with Gasteiger partial charge >= 0.3 is 0 Å². The standard InChI is InChI=1S/C26H34BrN3O2/c1-19(31)29-17-21-10-12-22(13-11-21)18-30-25(32)26(28,23-8-5-9-24(27)16-23)15-14-20-6-3-2-4-7-20/h5,8-13,16,20H,2-4,6-7,14-15,17-18,28H2,1H3,(H,29,31)(H,30,32). The number of hydrogen-bond acceptors (Lipinski definition) is 3. The quantitative estimate of drug-likeness (QED) is 0.457. The number of nitrogens with two attached hydrogens (primary N) is 1. The van der Waals surface area contributed by atoms with Crippen LogP contribution in [0, 0.1) is 5.92 Å². The Morgan fingerprint density at radius 1 is 1.00 bits per heavy atom. The van der Waals surface area contributed by atoms with E-state index in [1.807, 2.05) is 48.5 Å². The van der Waals surface area contributed by atoms with Gasteiger partial charge in [0.25, 0.3) is 0 Å². The molecule has 2 aromatic carbocycles. The summed E-state index contributed by atoms with van der Waals surface area (Å²) in [5.74, 6) is 0.456. The zero-order valence-corrected chi connectivity index (χ0v) is 20.4. The molecule has 2 aromatic rings. The zero-order valence-electron chi connectivity index (χ0n) is 18.8. The van der Waals surface area contributed by atoms with Crippen LogP contribution in [0.25, 0.3) is 0 Å². The molecule has 5 nitrogen and oxygen atoms in total. The molecule has 172 valence electrons. The fourth-order valence-corrected chi connectivity index (χ4v) is 4.80. The maximum atomic E-state index is 13.4. The number of nitrogens with one attached hydrogen (secondary N) is 2. The maximum Gasteiger partial charge on any atom is 0.244 e. The van der Waals surface area contributed by atoms with Gasteiger partial charge in [0.15, 0.2) is 0 Å². The van der Waals surface area contributed by atoms with Crippen LogP contribution in [0.5, 0.6) is 0 Å². The van der Waals surface area contributed by atoms with E-state index < -0.39 is 5.54 Å². The summed E-state index contributed by atoms with van der Waals surface area (Å²) in [5, 5.41) is 5.85. The smallest absolute Gasteiger partial charge is 0.244 e. The number of carbonyl (C=O) groups is 2. The number of rotatable bonds is 9. The molecular formula is C26H34BrN3O2. The van der Waals surface area contributed by atoms with Gasteiger partial charge < -0.3 is 16.4 Å². The van der Waals surface area contributed by atoms with Crippen LogP contribution >= 0.6 is 15.9 Å². The maximum absolute atomic E-state index is 13.4. The molecule has 2 amide bonds. The molecule has 1 saturated carbocycles. The highest BCUT2D eigenvalue weighted by Gasteiger charge is 2.36. The van der Waals surface area contributed by atoms with E-state index in [2.05, 4.69) is 26.6 Å². The largest absolute Gasteiger partial charge is 0.352 e. The first kappa shape index (κ1) is 24.5. The Kier molecular flexibility index (Phi) is 8.88. The lowest BCUT2D eigenvalue weighted by molar-refractivity contribution is -0.127. The van der Waals surface area contributed by atoms with Gasteiger partial charge in [0.2, 0.25) is 11.8 Å². The molecule has 0 spiro atoms. The highest BCUT2D eigenvalue weighted by atomic mass is 79.9. The van der Waals surface area contributed by atoms with E-state index >= 15 is 0 Å². The fraction of sp³-hybridized carbons (Fsp3) is 0.462. The molecule has 1 fully saturated rings. The van der Waals surface area contributed by atoms with Gasteiger partial charge in [-0.05, 0) is 47.6 Å². The van der Waals surface area contributed by atoms with Crippen LogP contribution in [-0.4, -0.2) is 11.8 Å². The second kappa shape index (κ2) is 11.6. The molecule has 0 aromatic heterocycles. The summed E-state index contributed by atoms with van der Waals surface area (Å²) in [5.41, 5.74) is 8.62. The van der Waals surface area contributed by atoms with Crippen LogP contribution < -0.4 is 16.4 Å². The lowest BCUT2D eigenvalue weighted by atomic mass is 9.79. The van der Waals surface area contributed by atoms with Gasteiger partial charge in [-0.25, -0.2) is 0 Å². The third-order valence-electron chi connectivity index (χ3n) is 6.43. The normalized spacial score (nSPS) is 16.2. The molecule has 0 radical (unpaired) electrons. The van der Waals surface area contributed by atoms with E-state index in [-0.39, 0.29) is 11.8 Å². The van der Waals surface area contributed by atoms with Gasteiger partial charge in [-0.3, -0.25) is 9.59 Å². The monoisotopic (exact) mass is 499 g/mol. The lowest BCUT2D eigenvalue weighted by Gasteiger charge is -2.31. The summed E-state index contributed by atoms with van der Waals surface area (Å²) >= 11 is 3.52. The molecule has 0 saturated heterocycles. The Hall–Kier alpha value is -2.18. The van der Waals surface area contributed by atoms with E-state index in [0.29, 0.717) is 25.4 Å². The number of amides is 2. The molecular weight excluding hydrogens is 466 g/mol. The van der Waals surface area contributed by atoms with Crippen molar-refractivity contribution in [2.45, 2.75) is 70.5 Å². The average molecular weight is 500 g/mol. The number of carbonyl (C=O) groups excluding carboxylic acids is 2. The van der Waals surface area contributed by atoms with Gasteiger partial charge in [-0.1, -0.05) is 84.4 Å². The lowest BCUT2D eigenvalue weighted by Crippen LogP contribution is -2.51. The first-order valence-electron chi connectivity index (χ1n) is 11.5. The van der Waals surface area contributed by atoms with Crippen molar-refractivity contribution >= 4 is 27.7 Å². The minimum absolute atomic E-state index is 0.0543. The van der Waals surface area contributed by atoms with Crippen molar-refractivity contribution in [1.82, 2.24) is 10.6 Å². The van der Waals surface area contributed by atoms with Crippen molar-refractivity contribution in [3.05, 3.63) is 69.7 Å². The highest BCUT2D eigenvalue weighted by Crippen LogP contribution is 2.33. The molecule has 32 heavy (non-hydrogen) atoms. The number of halogens is 1. The first-order valence-corrected chi connectivity index (χ1v) is 12.3. The van der Waals surface area contributed by atoms with Gasteiger partial charge in [-0.15, -0.1) is 0 Å². The second-order valence-corrected chi connectivity index (χ2v) is 9.85. The van der Waals surface area contributed by atoms with Crippen molar-refractivity contribution in [2.24, 2.45) is 11.7 Å². The Morgan fingerprint density at radius 2 is 1.62 bits per heavy atom. The van der Waals surface area contributed by atoms with Crippen molar-refractivity contribution in [2.75, 3.05) is 0 Å². The van der Waals surface area contributed by atoms with Crippen molar-refractivity contribution in [3.8, 4) is 0 Å². The van der Waals surface area contributed by atoms with Crippen molar-refractivity contribution in [3.63, 3.8) is 0 Å². The molecule has 0 aliphatic heterocycles. The predicted octanol–water partition coefficient (Wildman–Crippen LogP) is 4.92. The van der Waals surface area contributed by atoms with Crippen LogP contribution in [0.3, 0.4) is 0 Å². The highest BCUT2D eigenvalue weighted by molar-refractivity contribution is 9.10. The molecule has 4 N–H and O–H groups in total. The molecule has 1 aliphatic carbocycles. The summed E-state index contributed by atoms with van der Waals surface area (Å²) in [4.78, 5) is 24.4. The first-order chi connectivity index (χ1) is 15.4. The summed E-state index contributed by atoms with van der Waals surface area (Å²) < 4.78 is 0.921. The van der Waals surface area contributed by atoms with Crippen molar-refractivity contribution in [1.29, 1.82) is 0 Å². The van der Waals surface area contributed by atoms with Crippen LogP contribution in [0.4, 0.5) is 0 Å². The Labute approximate surface area is 199 Å². The molecule has 1 aliphatic rings. The number of benzene rings is 2. The van der Waals surface area contributed by atoms with Gasteiger partial charge in [0.1, 0.15) is 5.54 Å². The molecule has 0 bridgehead atoms. The summed E-state index contributed by atoms with van der Waals surface area (Å²) in [6.07, 6.45) is 7.96. The molecule has 0 heterocycles. The third-order valence-corrected chi connectivity index (χ3v) is 6.93. The van der Waals surface area contributed by atoms with Crippen LogP contribution in [-0.2, 0) is 28.2 Å². The Bertz CT molecular complexity index is 910. The van der Waals surface area contributed by atoms with Crippen LogP contribution in [0.2, 0.25) is 0 Å². The van der Waals surface area contributed by atoms with E-state index in [4.69, 9.17) is 5.73 Å². The minimum Gasteiger partial charge on any atom is -0.352 e. The molecule has 6 heteroatoms. The SMILES string of the molecule is CC(=O)NCc1ccc(CNC(=O)C(N)(CCC2CCCCC2)c2cccc(Br)c2)cc1. The molecule has 3 rings (SSSR count). The Balaban J connectivity index is 1.67. The van der Waals surface area contributed by atoms with E-state index in [9.17, 15) is 9.59 Å². The van der Waals surface area contributed by atoms with E-state index in [0.717, 1.165) is 27.6 Å². The fourth-order valence-electron chi connectivity index (χ4n) is 4.40. The van der Waals surface area contributed by atoms with Crippen LogP contribution in [0.15, 0.2) is 53.0 Å². The Morgan fingerprint density at radius 3 is 2.22 bits per heavy atom. The van der Waals surface area contributed by atoms with Crippen molar-refractivity contribution < 1.29 is 9.59 Å². The predicted molar refractivity (Wildman–Crippen MR) is 132 cm³/mol. The van der Waals surface area contributed by atoms with Gasteiger partial charge in [0.05, 0.1) is 0 Å². The number of hydrogen-bond donors (Lipinski definition) is 3. The summed E-state index contributed by atoms with van der Waals surface area (Å²) in [6, 6.07) is 15.6. The summed E-state index contributed by atoms with van der Waals surface area (Å²) in [7, 11) is 0. The second-order valence-electron chi connectivity index (χ2n) is 8.93. The average Bonchev–Trinajstić information content (AvgIpc) is 2.81. The third kappa shape index (κ3) is 6.91. The molecule has 1 unspecified atom stereocenters. The van der Waals surface area contributed by atoms with Gasteiger partial charge in [0, 0.05) is 24.5 Å².